The molecule has 0 atom stereocenters. The first-order valence-corrected chi connectivity index (χ1v) is 8.24. The molecule has 0 spiro atoms. The highest BCUT2D eigenvalue weighted by molar-refractivity contribution is 5.63. The van der Waals surface area contributed by atoms with Crippen molar-refractivity contribution in [3.05, 3.63) is 41.2 Å². The van der Waals surface area contributed by atoms with Gasteiger partial charge in [0, 0.05) is 19.2 Å². The highest BCUT2D eigenvalue weighted by Gasteiger charge is 2.14. The van der Waals surface area contributed by atoms with Crippen LogP contribution in [0.2, 0.25) is 0 Å². The molecule has 1 N–H and O–H groups in total. The number of nitrogens with one attached hydrogen (secondary N) is 1. The standard InChI is InChI=1S/C18H21F2N5/c1-4-6-25(7-5-2)18-16(20)9-14(11-22-18)24-17-13(10-21)8-15(19)12(3)23-17/h8-9,11H,4-7H2,1-3H3,(H,23,24). The van der Waals surface area contributed by atoms with E-state index >= 15 is 0 Å². The van der Waals surface area contributed by atoms with Crippen molar-refractivity contribution >= 4 is 17.3 Å². The van der Waals surface area contributed by atoms with Gasteiger partial charge >= 0.3 is 0 Å². The lowest BCUT2D eigenvalue weighted by atomic mass is 10.2. The molecule has 0 bridgehead atoms. The normalized spacial score (nSPS) is 10.4. The van der Waals surface area contributed by atoms with Crippen LogP contribution in [-0.2, 0) is 0 Å². The largest absolute Gasteiger partial charge is 0.354 e. The first-order chi connectivity index (χ1) is 12.0. The van der Waals surface area contributed by atoms with Gasteiger partial charge in [0.1, 0.15) is 17.7 Å². The van der Waals surface area contributed by atoms with Gasteiger partial charge in [0.25, 0.3) is 0 Å². The van der Waals surface area contributed by atoms with E-state index in [4.69, 9.17) is 5.26 Å². The third kappa shape index (κ3) is 4.41. The molecule has 0 radical (unpaired) electrons. The first-order valence-electron chi connectivity index (χ1n) is 8.24. The molecule has 7 heteroatoms. The Hall–Kier alpha value is -2.75. The molecule has 25 heavy (non-hydrogen) atoms. The highest BCUT2D eigenvalue weighted by Crippen LogP contribution is 2.24. The molecule has 0 fully saturated rings. The van der Waals surface area contributed by atoms with Crippen molar-refractivity contribution in [2.24, 2.45) is 0 Å². The summed E-state index contributed by atoms with van der Waals surface area (Å²) in [7, 11) is 0. The Morgan fingerprint density at radius 2 is 1.84 bits per heavy atom. The van der Waals surface area contributed by atoms with Gasteiger partial charge in [0.05, 0.1) is 23.1 Å². The molecule has 0 saturated heterocycles. The zero-order chi connectivity index (χ0) is 18.4. The molecule has 5 nitrogen and oxygen atoms in total. The molecule has 2 aromatic heterocycles. The fourth-order valence-corrected chi connectivity index (χ4v) is 2.49. The van der Waals surface area contributed by atoms with Crippen LogP contribution in [0, 0.1) is 29.9 Å². The van der Waals surface area contributed by atoms with E-state index in [1.807, 2.05) is 24.8 Å². The number of anilines is 3. The predicted octanol–water partition coefficient (Wildman–Crippen LogP) is 4.30. The van der Waals surface area contributed by atoms with Crippen LogP contribution in [0.15, 0.2) is 18.3 Å². The van der Waals surface area contributed by atoms with Gasteiger partial charge in [-0.15, -0.1) is 0 Å². The molecule has 2 heterocycles. The topological polar surface area (TPSA) is 64.8 Å². The summed E-state index contributed by atoms with van der Waals surface area (Å²) >= 11 is 0. The van der Waals surface area contributed by atoms with Crippen LogP contribution in [-0.4, -0.2) is 23.1 Å². The minimum Gasteiger partial charge on any atom is -0.354 e. The van der Waals surface area contributed by atoms with Crippen LogP contribution in [0.4, 0.5) is 26.1 Å². The second-order valence-electron chi connectivity index (χ2n) is 5.71. The van der Waals surface area contributed by atoms with E-state index < -0.39 is 11.6 Å². The van der Waals surface area contributed by atoms with E-state index in [2.05, 4.69) is 15.3 Å². The second kappa shape index (κ2) is 8.38. The Bertz CT molecular complexity index is 780. The number of nitrogens with zero attached hydrogens (tertiary/aromatic N) is 4. The van der Waals surface area contributed by atoms with Crippen LogP contribution in [0.5, 0.6) is 0 Å². The molecular formula is C18H21F2N5. The zero-order valence-electron chi connectivity index (χ0n) is 14.6. The monoisotopic (exact) mass is 345 g/mol. The van der Waals surface area contributed by atoms with E-state index in [-0.39, 0.29) is 17.1 Å². The molecule has 0 aliphatic rings. The number of pyridine rings is 2. The number of hydrogen-bond donors (Lipinski definition) is 1. The van der Waals surface area contributed by atoms with E-state index in [9.17, 15) is 8.78 Å². The van der Waals surface area contributed by atoms with Crippen molar-refractivity contribution in [3.63, 3.8) is 0 Å². The summed E-state index contributed by atoms with van der Waals surface area (Å²) in [5.74, 6) is -0.534. The van der Waals surface area contributed by atoms with Gasteiger partial charge in [-0.25, -0.2) is 18.7 Å². The lowest BCUT2D eigenvalue weighted by molar-refractivity contribution is 0.604. The quantitative estimate of drug-likeness (QED) is 0.810. The molecule has 0 saturated carbocycles. The van der Waals surface area contributed by atoms with Gasteiger partial charge in [0.15, 0.2) is 11.6 Å². The summed E-state index contributed by atoms with van der Waals surface area (Å²) in [6.07, 6.45) is 3.27. The summed E-state index contributed by atoms with van der Waals surface area (Å²) in [6.45, 7) is 7.01. The lowest BCUT2D eigenvalue weighted by Crippen LogP contribution is -2.26. The number of hydrogen-bond acceptors (Lipinski definition) is 5. The van der Waals surface area contributed by atoms with Gasteiger partial charge in [0.2, 0.25) is 0 Å². The maximum atomic E-state index is 14.5. The van der Waals surface area contributed by atoms with Crippen LogP contribution >= 0.6 is 0 Å². The van der Waals surface area contributed by atoms with Gasteiger partial charge in [-0.3, -0.25) is 0 Å². The summed E-state index contributed by atoms with van der Waals surface area (Å²) in [6, 6.07) is 4.29. The third-order valence-electron chi connectivity index (χ3n) is 3.64. The fraction of sp³-hybridized carbons (Fsp3) is 0.389. The van der Waals surface area contributed by atoms with Crippen LogP contribution in [0.1, 0.15) is 37.9 Å². The van der Waals surface area contributed by atoms with E-state index in [1.54, 1.807) is 0 Å². The summed E-state index contributed by atoms with van der Waals surface area (Å²) in [4.78, 5) is 10.1. The maximum absolute atomic E-state index is 14.5. The molecule has 0 aliphatic carbocycles. The molecule has 132 valence electrons. The smallest absolute Gasteiger partial charge is 0.167 e. The highest BCUT2D eigenvalue weighted by atomic mass is 19.1. The number of halogens is 2. The Balaban J connectivity index is 2.30. The fourth-order valence-electron chi connectivity index (χ4n) is 2.49. The van der Waals surface area contributed by atoms with E-state index in [0.717, 1.165) is 32.0 Å². The minimum atomic E-state index is -0.559. The van der Waals surface area contributed by atoms with E-state index in [0.29, 0.717) is 11.5 Å². The maximum Gasteiger partial charge on any atom is 0.167 e. The minimum absolute atomic E-state index is 0.0474. The van der Waals surface area contributed by atoms with Gasteiger partial charge < -0.3 is 10.2 Å². The predicted molar refractivity (Wildman–Crippen MR) is 93.9 cm³/mol. The van der Waals surface area contributed by atoms with Crippen molar-refractivity contribution in [1.82, 2.24) is 9.97 Å². The van der Waals surface area contributed by atoms with Crippen molar-refractivity contribution in [2.45, 2.75) is 33.6 Å². The number of aromatic nitrogens is 2. The van der Waals surface area contributed by atoms with Crippen LogP contribution in [0.3, 0.4) is 0 Å². The molecular weight excluding hydrogens is 324 g/mol. The molecule has 0 amide bonds. The number of aryl methyl sites for hydroxylation is 1. The first kappa shape index (κ1) is 18.6. The third-order valence-corrected chi connectivity index (χ3v) is 3.64. The Morgan fingerprint density at radius 1 is 1.16 bits per heavy atom. The SMILES string of the molecule is CCCN(CCC)c1ncc(Nc2nc(C)c(F)cc2C#N)cc1F. The Morgan fingerprint density at radius 3 is 2.40 bits per heavy atom. The zero-order valence-corrected chi connectivity index (χ0v) is 14.6. The average Bonchev–Trinajstić information content (AvgIpc) is 2.58. The molecule has 0 unspecified atom stereocenters. The van der Waals surface area contributed by atoms with Crippen LogP contribution in [0.25, 0.3) is 0 Å². The molecule has 0 aromatic carbocycles. The average molecular weight is 345 g/mol. The Labute approximate surface area is 146 Å². The van der Waals surface area contributed by atoms with Gasteiger partial charge in [-0.2, -0.15) is 5.26 Å². The van der Waals surface area contributed by atoms with Crippen molar-refractivity contribution < 1.29 is 8.78 Å². The van der Waals surface area contributed by atoms with Crippen LogP contribution < -0.4 is 10.2 Å². The van der Waals surface area contributed by atoms with Crippen molar-refractivity contribution in [1.29, 1.82) is 5.26 Å². The summed E-state index contributed by atoms with van der Waals surface area (Å²) < 4.78 is 28.0. The van der Waals surface area contributed by atoms with Gasteiger partial charge in [-0.05, 0) is 25.8 Å². The molecule has 2 aromatic rings. The van der Waals surface area contributed by atoms with Crippen molar-refractivity contribution in [2.75, 3.05) is 23.3 Å². The second-order valence-corrected chi connectivity index (χ2v) is 5.71. The van der Waals surface area contributed by atoms with E-state index in [1.165, 1.54) is 19.2 Å². The summed E-state index contributed by atoms with van der Waals surface area (Å²) in [5.41, 5.74) is 0.555. The van der Waals surface area contributed by atoms with Gasteiger partial charge in [-0.1, -0.05) is 13.8 Å². The Kier molecular flexibility index (Phi) is 6.23. The lowest BCUT2D eigenvalue weighted by Gasteiger charge is -2.23. The molecule has 0 aliphatic heterocycles. The number of nitriles is 1. The number of rotatable bonds is 7. The summed E-state index contributed by atoms with van der Waals surface area (Å²) in [5, 5.41) is 11.9. The van der Waals surface area contributed by atoms with Crippen molar-refractivity contribution in [3.8, 4) is 6.07 Å². The molecule has 2 rings (SSSR count).